The summed E-state index contributed by atoms with van der Waals surface area (Å²) in [4.78, 5) is 3.15. The van der Waals surface area contributed by atoms with Crippen LogP contribution < -0.4 is 5.32 Å². The highest BCUT2D eigenvalue weighted by Crippen LogP contribution is 2.32. The molecule has 1 N–H and O–H groups in total. The Balaban J connectivity index is 1.64. The van der Waals surface area contributed by atoms with Gasteiger partial charge in [-0.1, -0.05) is 0 Å². The standard InChI is InChI=1S/C15H19NS2/c1-11(16-9-12-6-7-17-10-12)15-8-13-4-2-3-5-14(13)18-15/h6-8,10-11,16H,2-5,9H2,1H3. The highest BCUT2D eigenvalue weighted by Gasteiger charge is 2.16. The maximum atomic E-state index is 3.63. The van der Waals surface area contributed by atoms with Crippen molar-refractivity contribution in [3.63, 3.8) is 0 Å². The zero-order chi connectivity index (χ0) is 12.4. The van der Waals surface area contributed by atoms with Crippen LogP contribution in [-0.2, 0) is 19.4 Å². The van der Waals surface area contributed by atoms with Crippen molar-refractivity contribution in [3.8, 4) is 0 Å². The first-order valence-electron chi connectivity index (χ1n) is 6.69. The molecule has 2 aromatic heterocycles. The molecule has 0 aliphatic heterocycles. The molecule has 0 amide bonds. The van der Waals surface area contributed by atoms with Gasteiger partial charge in [0.2, 0.25) is 0 Å². The normalized spacial score (nSPS) is 16.5. The van der Waals surface area contributed by atoms with Gasteiger partial charge in [-0.3, -0.25) is 0 Å². The molecule has 3 rings (SSSR count). The van der Waals surface area contributed by atoms with E-state index in [0.717, 1.165) is 6.54 Å². The second-order valence-corrected chi connectivity index (χ2v) is 6.99. The maximum absolute atomic E-state index is 3.63. The van der Waals surface area contributed by atoms with Crippen LogP contribution in [-0.4, -0.2) is 0 Å². The van der Waals surface area contributed by atoms with E-state index in [1.165, 1.54) is 36.1 Å². The molecule has 0 saturated heterocycles. The summed E-state index contributed by atoms with van der Waals surface area (Å²) in [5.74, 6) is 0. The highest BCUT2D eigenvalue weighted by atomic mass is 32.1. The van der Waals surface area contributed by atoms with Crippen molar-refractivity contribution >= 4 is 22.7 Å². The van der Waals surface area contributed by atoms with Crippen LogP contribution in [0.4, 0.5) is 0 Å². The van der Waals surface area contributed by atoms with Gasteiger partial charge in [-0.2, -0.15) is 11.3 Å². The first-order chi connectivity index (χ1) is 8.83. The molecule has 1 aliphatic carbocycles. The summed E-state index contributed by atoms with van der Waals surface area (Å²) in [5.41, 5.74) is 3.01. The Morgan fingerprint density at radius 2 is 2.22 bits per heavy atom. The Labute approximate surface area is 117 Å². The van der Waals surface area contributed by atoms with Crippen molar-refractivity contribution < 1.29 is 0 Å². The first-order valence-corrected chi connectivity index (χ1v) is 8.45. The van der Waals surface area contributed by atoms with Gasteiger partial charge in [0.15, 0.2) is 0 Å². The Hall–Kier alpha value is -0.640. The van der Waals surface area contributed by atoms with Gasteiger partial charge in [-0.25, -0.2) is 0 Å². The van der Waals surface area contributed by atoms with E-state index in [1.807, 2.05) is 11.3 Å². The zero-order valence-electron chi connectivity index (χ0n) is 10.7. The SMILES string of the molecule is CC(NCc1ccsc1)c1cc2c(s1)CCCC2. The van der Waals surface area contributed by atoms with E-state index in [9.17, 15) is 0 Å². The molecule has 2 heterocycles. The van der Waals surface area contributed by atoms with Gasteiger partial charge in [0.25, 0.3) is 0 Å². The van der Waals surface area contributed by atoms with Gasteiger partial charge in [0.05, 0.1) is 0 Å². The predicted molar refractivity (Wildman–Crippen MR) is 80.5 cm³/mol. The molecular formula is C15H19NS2. The van der Waals surface area contributed by atoms with Crippen molar-refractivity contribution in [2.45, 2.75) is 45.2 Å². The first kappa shape index (κ1) is 12.4. The summed E-state index contributed by atoms with van der Waals surface area (Å²) in [5, 5.41) is 7.99. The van der Waals surface area contributed by atoms with Crippen LogP contribution in [0, 0.1) is 0 Å². The van der Waals surface area contributed by atoms with Crippen LogP contribution in [0.3, 0.4) is 0 Å². The molecule has 3 heteroatoms. The molecular weight excluding hydrogens is 258 g/mol. The third-order valence-electron chi connectivity index (χ3n) is 3.63. The molecule has 1 aliphatic rings. The molecule has 0 aromatic carbocycles. The summed E-state index contributed by atoms with van der Waals surface area (Å²) in [6.07, 6.45) is 5.35. The number of fused-ring (bicyclic) bond motifs is 1. The van der Waals surface area contributed by atoms with Crippen molar-refractivity contribution in [1.82, 2.24) is 5.32 Å². The summed E-state index contributed by atoms with van der Waals surface area (Å²) in [6, 6.07) is 5.11. The molecule has 0 spiro atoms. The topological polar surface area (TPSA) is 12.0 Å². The monoisotopic (exact) mass is 277 g/mol. The molecule has 96 valence electrons. The lowest BCUT2D eigenvalue weighted by atomic mass is 9.99. The van der Waals surface area contributed by atoms with E-state index in [0.29, 0.717) is 6.04 Å². The van der Waals surface area contributed by atoms with E-state index >= 15 is 0 Å². The Morgan fingerprint density at radius 3 is 3.00 bits per heavy atom. The minimum atomic E-state index is 0.473. The fraction of sp³-hybridized carbons (Fsp3) is 0.467. The summed E-state index contributed by atoms with van der Waals surface area (Å²) < 4.78 is 0. The molecule has 1 nitrogen and oxygen atoms in total. The Morgan fingerprint density at radius 1 is 1.33 bits per heavy atom. The van der Waals surface area contributed by atoms with Crippen molar-refractivity contribution in [3.05, 3.63) is 43.8 Å². The molecule has 1 unspecified atom stereocenters. The highest BCUT2D eigenvalue weighted by molar-refractivity contribution is 7.12. The fourth-order valence-corrected chi connectivity index (χ4v) is 4.44. The summed E-state index contributed by atoms with van der Waals surface area (Å²) >= 11 is 3.79. The second kappa shape index (κ2) is 5.55. The third-order valence-corrected chi connectivity index (χ3v) is 5.79. The molecule has 0 saturated carbocycles. The van der Waals surface area contributed by atoms with Gasteiger partial charge >= 0.3 is 0 Å². The van der Waals surface area contributed by atoms with Crippen LogP contribution in [0.25, 0.3) is 0 Å². The van der Waals surface area contributed by atoms with Gasteiger partial charge in [-0.05, 0) is 66.6 Å². The molecule has 1 atom stereocenters. The van der Waals surface area contributed by atoms with E-state index in [2.05, 4.69) is 35.1 Å². The number of rotatable bonds is 4. The average molecular weight is 277 g/mol. The van der Waals surface area contributed by atoms with Crippen molar-refractivity contribution in [1.29, 1.82) is 0 Å². The minimum Gasteiger partial charge on any atom is -0.305 e. The van der Waals surface area contributed by atoms with Crippen LogP contribution in [0.2, 0.25) is 0 Å². The quantitative estimate of drug-likeness (QED) is 0.865. The molecule has 0 bridgehead atoms. The number of hydrogen-bond donors (Lipinski definition) is 1. The van der Waals surface area contributed by atoms with Gasteiger partial charge in [0.1, 0.15) is 0 Å². The summed E-state index contributed by atoms with van der Waals surface area (Å²) in [7, 11) is 0. The number of thiophene rings is 2. The lowest BCUT2D eigenvalue weighted by Gasteiger charge is -2.11. The minimum absolute atomic E-state index is 0.473. The smallest absolute Gasteiger partial charge is 0.0389 e. The number of aryl methyl sites for hydroxylation is 2. The van der Waals surface area contributed by atoms with E-state index in [1.54, 1.807) is 21.8 Å². The lowest BCUT2D eigenvalue weighted by Crippen LogP contribution is -2.16. The molecule has 0 radical (unpaired) electrons. The van der Waals surface area contributed by atoms with Gasteiger partial charge in [-0.15, -0.1) is 11.3 Å². The maximum Gasteiger partial charge on any atom is 0.0389 e. The second-order valence-electron chi connectivity index (χ2n) is 5.04. The van der Waals surface area contributed by atoms with Crippen LogP contribution in [0.15, 0.2) is 22.9 Å². The van der Waals surface area contributed by atoms with Crippen molar-refractivity contribution in [2.24, 2.45) is 0 Å². The average Bonchev–Trinajstić information content (AvgIpc) is 3.04. The number of nitrogens with one attached hydrogen (secondary N) is 1. The fourth-order valence-electron chi connectivity index (χ4n) is 2.49. The molecule has 18 heavy (non-hydrogen) atoms. The Kier molecular flexibility index (Phi) is 3.83. The predicted octanol–water partition coefficient (Wildman–Crippen LogP) is 4.54. The van der Waals surface area contributed by atoms with Crippen LogP contribution in [0.1, 0.15) is 46.7 Å². The molecule has 0 fully saturated rings. The van der Waals surface area contributed by atoms with Gasteiger partial charge < -0.3 is 5.32 Å². The molecule has 2 aromatic rings. The van der Waals surface area contributed by atoms with Gasteiger partial charge in [0, 0.05) is 22.3 Å². The third kappa shape index (κ3) is 2.68. The summed E-state index contributed by atoms with van der Waals surface area (Å²) in [6.45, 7) is 3.26. The Bertz CT molecular complexity index is 475. The van der Waals surface area contributed by atoms with E-state index in [4.69, 9.17) is 0 Å². The van der Waals surface area contributed by atoms with Crippen LogP contribution in [0.5, 0.6) is 0 Å². The van der Waals surface area contributed by atoms with Crippen LogP contribution >= 0.6 is 22.7 Å². The van der Waals surface area contributed by atoms with Crippen molar-refractivity contribution in [2.75, 3.05) is 0 Å². The van der Waals surface area contributed by atoms with E-state index in [-0.39, 0.29) is 0 Å². The lowest BCUT2D eigenvalue weighted by molar-refractivity contribution is 0.583. The number of hydrogen-bond acceptors (Lipinski definition) is 3. The zero-order valence-corrected chi connectivity index (χ0v) is 12.4. The van der Waals surface area contributed by atoms with E-state index < -0.39 is 0 Å². The largest absolute Gasteiger partial charge is 0.305 e.